The summed E-state index contributed by atoms with van der Waals surface area (Å²) in [5, 5.41) is 0. The van der Waals surface area contributed by atoms with Crippen molar-refractivity contribution in [3.8, 4) is 22.3 Å². The fourth-order valence-corrected chi connectivity index (χ4v) is 33.7. The van der Waals surface area contributed by atoms with Gasteiger partial charge in [0.15, 0.2) is 0 Å². The van der Waals surface area contributed by atoms with E-state index in [0.717, 1.165) is 4.18 Å². The minimum atomic E-state index is -5.12. The van der Waals surface area contributed by atoms with Gasteiger partial charge in [0.25, 0.3) is 0 Å². The van der Waals surface area contributed by atoms with Gasteiger partial charge in [-0.05, 0) is 0 Å². The zero-order valence-electron chi connectivity index (χ0n) is 29.5. The van der Waals surface area contributed by atoms with E-state index in [2.05, 4.69) is 172 Å². The molecule has 0 saturated carbocycles. The van der Waals surface area contributed by atoms with Crippen LogP contribution in [0.5, 0.6) is 0 Å². The van der Waals surface area contributed by atoms with Crippen LogP contribution in [0.15, 0.2) is 97.1 Å². The third-order valence-electron chi connectivity index (χ3n) is 12.8. The second kappa shape index (κ2) is 9.13. The molecule has 1 heteroatoms. The Balaban J connectivity index is 1.47. The van der Waals surface area contributed by atoms with Crippen LogP contribution < -0.4 is 0 Å². The summed E-state index contributed by atoms with van der Waals surface area (Å²) in [5.74, 6) is 0. The molecule has 0 nitrogen and oxygen atoms in total. The fourth-order valence-electron chi connectivity index (χ4n) is 8.62. The van der Waals surface area contributed by atoms with Crippen molar-refractivity contribution in [3.05, 3.63) is 130 Å². The van der Waals surface area contributed by atoms with Crippen LogP contribution in [0.1, 0.15) is 89.2 Å². The van der Waals surface area contributed by atoms with Crippen LogP contribution in [-0.2, 0) is 25.9 Å². The summed E-state index contributed by atoms with van der Waals surface area (Å²) >= 11 is -5.12. The summed E-state index contributed by atoms with van der Waals surface area (Å²) in [4.78, 5) is 0. The summed E-state index contributed by atoms with van der Waals surface area (Å²) in [5.41, 5.74) is 13.9. The molecule has 45 heavy (non-hydrogen) atoms. The maximum absolute atomic E-state index is 5.62. The van der Waals surface area contributed by atoms with E-state index in [9.17, 15) is 0 Å². The summed E-state index contributed by atoms with van der Waals surface area (Å²) in [6.07, 6.45) is 9.93. The van der Waals surface area contributed by atoms with E-state index in [1.54, 1.807) is 0 Å². The first kappa shape index (κ1) is 32.1. The average molecular weight is 761 g/mol. The van der Waals surface area contributed by atoms with E-state index in [-0.39, 0.29) is 10.8 Å². The van der Waals surface area contributed by atoms with Crippen LogP contribution in [0.4, 0.5) is 0 Å². The molecule has 0 radical (unpaired) electrons. The number of fused-ring (bicyclic) bond motifs is 2. The van der Waals surface area contributed by atoms with Gasteiger partial charge in [-0.1, -0.05) is 0 Å². The van der Waals surface area contributed by atoms with Crippen molar-refractivity contribution >= 4 is 16.4 Å². The molecule has 0 bridgehead atoms. The first-order valence-electron chi connectivity index (χ1n) is 17.1. The molecule has 0 aromatic heterocycles. The summed E-state index contributed by atoms with van der Waals surface area (Å²) < 4.78 is 15.3. The topological polar surface area (TPSA) is 0 Å². The van der Waals surface area contributed by atoms with Gasteiger partial charge in [0.2, 0.25) is 0 Å². The van der Waals surface area contributed by atoms with Gasteiger partial charge in [0, 0.05) is 0 Å². The maximum atomic E-state index is 5.62. The first-order chi connectivity index (χ1) is 20.7. The van der Waals surface area contributed by atoms with Crippen molar-refractivity contribution in [2.24, 2.45) is 0 Å². The number of benzene rings is 4. The molecule has 4 aromatic carbocycles. The van der Waals surface area contributed by atoms with Gasteiger partial charge in [-0.15, -0.1) is 0 Å². The predicted molar refractivity (Wildman–Crippen MR) is 200 cm³/mol. The monoisotopic (exact) mass is 762 g/mol. The van der Waals surface area contributed by atoms with Crippen LogP contribution >= 0.6 is 0 Å². The Kier molecular flexibility index (Phi) is 6.50. The van der Waals surface area contributed by atoms with Gasteiger partial charge < -0.3 is 0 Å². The zero-order chi connectivity index (χ0) is 32.7. The van der Waals surface area contributed by atoms with Crippen molar-refractivity contribution in [2.45, 2.75) is 84.9 Å². The van der Waals surface area contributed by atoms with Crippen molar-refractivity contribution in [1.82, 2.24) is 0 Å². The molecule has 0 N–H and O–H groups in total. The molecular weight excluding hydrogens is 707 g/mol. The summed E-state index contributed by atoms with van der Waals surface area (Å²) in [6, 6.07) is 32.4. The number of hydrogen-bond acceptors (Lipinski definition) is 0. The average Bonchev–Trinajstić information content (AvgIpc) is 3.63. The third-order valence-corrected chi connectivity index (χ3v) is 51.1. The zero-order valence-corrected chi connectivity index (χ0v) is 33.1. The molecule has 0 aliphatic heterocycles. The van der Waals surface area contributed by atoms with Crippen LogP contribution in [0, 0.1) is 0 Å². The van der Waals surface area contributed by atoms with E-state index in [1.165, 1.54) is 55.6 Å². The van der Waals surface area contributed by atoms with Crippen LogP contribution in [-0.4, -0.2) is 4.26 Å². The van der Waals surface area contributed by atoms with Crippen molar-refractivity contribution in [3.63, 3.8) is 0 Å². The predicted octanol–water partition coefficient (Wildman–Crippen LogP) is 13.2. The third kappa shape index (κ3) is 4.91. The molecule has 2 atom stereocenters. The molecule has 6 rings (SSSR count). The first-order valence-corrected chi connectivity index (χ1v) is 37.1. The van der Waals surface area contributed by atoms with Crippen LogP contribution in [0.3, 0.4) is 0 Å². The van der Waals surface area contributed by atoms with E-state index in [0.29, 0.717) is 7.35 Å². The Morgan fingerprint density at radius 3 is 1.22 bits per heavy atom. The molecule has 2 aliphatic rings. The molecule has 0 saturated heterocycles. The Labute approximate surface area is 267 Å². The molecule has 2 unspecified atom stereocenters. The van der Waals surface area contributed by atoms with E-state index in [4.69, 9.17) is 4.26 Å². The molecule has 4 aromatic rings. The Hall–Kier alpha value is -2.90. The second-order valence-electron chi connectivity index (χ2n) is 19.9. The van der Waals surface area contributed by atoms with Gasteiger partial charge in [0.05, 0.1) is 0 Å². The van der Waals surface area contributed by atoms with Crippen LogP contribution in [0.25, 0.3) is 34.4 Å². The number of rotatable bonds is 5. The number of allylic oxidation sites excluding steroid dienone is 2. The minimum absolute atomic E-state index is 0.142. The molecular formula is C44H54Hf. The molecule has 0 spiro atoms. The van der Waals surface area contributed by atoms with Crippen molar-refractivity contribution < 1.29 is 15.1 Å². The summed E-state index contributed by atoms with van der Waals surface area (Å²) in [7, 11) is 0. The van der Waals surface area contributed by atoms with Crippen molar-refractivity contribution in [1.29, 1.82) is 0 Å². The normalized spacial score (nSPS) is 20.2. The Morgan fingerprint density at radius 1 is 0.556 bits per heavy atom. The van der Waals surface area contributed by atoms with E-state index in [1.807, 2.05) is 0 Å². The standard InChI is InChI=1S/2C19H19.C2H5.3CH3.CH2.Hf/c2*1-19(2,3)16-12-10-15(11-13-16)18-9-5-7-14-6-4-8-17(14)18;1-2;;;;;/h2*4-13H,1-3H3;1H2,2H3;3*1H3;1H2;. The molecule has 2 aliphatic carbocycles. The molecule has 234 valence electrons. The quantitative estimate of drug-likeness (QED) is 0.178. The second-order valence-corrected chi connectivity index (χ2v) is 74.2. The van der Waals surface area contributed by atoms with E-state index >= 15 is 0 Å². The van der Waals surface area contributed by atoms with Gasteiger partial charge in [-0.2, -0.15) is 0 Å². The fraction of sp³-hybridized carbons (Fsp3) is 0.341. The molecule has 0 heterocycles. The SMILES string of the molecule is [CH2]=[Hf]([CH3])([CH3])([CH3])([CH2]C)([CH]1C=Cc2c(-c3ccc(C(C)(C)C)cc3)cccc21)[CH]1C=Cc2c(-c3ccc(C(C)(C)C)cc3)cccc21. The van der Waals surface area contributed by atoms with Crippen LogP contribution in [0.2, 0.25) is 18.2 Å². The van der Waals surface area contributed by atoms with E-state index < -0.39 is 15.1 Å². The Morgan fingerprint density at radius 2 is 0.911 bits per heavy atom. The molecule has 0 amide bonds. The Bertz CT molecular complexity index is 1870. The van der Waals surface area contributed by atoms with Gasteiger partial charge in [-0.25, -0.2) is 0 Å². The number of hydrogen-bond donors (Lipinski definition) is 0. The van der Waals surface area contributed by atoms with Crippen molar-refractivity contribution in [2.75, 3.05) is 0 Å². The van der Waals surface area contributed by atoms with Gasteiger partial charge in [-0.3, -0.25) is 0 Å². The summed E-state index contributed by atoms with van der Waals surface area (Å²) in [6.45, 7) is 16.1. The van der Waals surface area contributed by atoms with Gasteiger partial charge in [0.1, 0.15) is 0 Å². The van der Waals surface area contributed by atoms with Gasteiger partial charge >= 0.3 is 269 Å². The molecule has 0 fully saturated rings.